The van der Waals surface area contributed by atoms with Crippen LogP contribution in [-0.2, 0) is 4.79 Å². The van der Waals surface area contributed by atoms with Crippen LogP contribution < -0.4 is 5.32 Å². The van der Waals surface area contributed by atoms with E-state index in [0.29, 0.717) is 0 Å². The highest BCUT2D eigenvalue weighted by molar-refractivity contribution is 5.83. The van der Waals surface area contributed by atoms with Gasteiger partial charge in [-0.3, -0.25) is 0 Å². The van der Waals surface area contributed by atoms with E-state index < -0.39 is 12.0 Å². The maximum absolute atomic E-state index is 12.4. The maximum atomic E-state index is 12.4. The Bertz CT molecular complexity index is 356. The second kappa shape index (κ2) is 6.46. The average Bonchev–Trinajstić information content (AvgIpc) is 2.88. The second-order valence-electron chi connectivity index (χ2n) is 6.35. The Labute approximate surface area is 120 Å². The monoisotopic (exact) mass is 282 g/mol. The van der Waals surface area contributed by atoms with Crippen molar-refractivity contribution in [2.24, 2.45) is 5.92 Å². The standard InChI is InChI=1S/C15H26N2O3/c1-10-6-5-7-11(2)17(10)15(20)16-13(14(18)19)12-8-3-4-9-12/h10-13H,3-9H2,1-2H3,(H,16,20)(H,18,19)/t10-,11+,13-/m0/s1. The molecule has 0 aromatic heterocycles. The Kier molecular flexibility index (Phi) is 4.89. The number of nitrogens with one attached hydrogen (secondary N) is 1. The van der Waals surface area contributed by atoms with Gasteiger partial charge in [-0.2, -0.15) is 0 Å². The van der Waals surface area contributed by atoms with Crippen molar-refractivity contribution in [1.29, 1.82) is 0 Å². The van der Waals surface area contributed by atoms with Crippen molar-refractivity contribution < 1.29 is 14.7 Å². The molecule has 1 saturated heterocycles. The number of urea groups is 1. The van der Waals surface area contributed by atoms with Crippen LogP contribution in [0.15, 0.2) is 0 Å². The number of piperidine rings is 1. The summed E-state index contributed by atoms with van der Waals surface area (Å²) in [5.74, 6) is -0.811. The molecule has 2 fully saturated rings. The number of hydrogen-bond donors (Lipinski definition) is 2. The highest BCUT2D eigenvalue weighted by Gasteiger charge is 2.35. The van der Waals surface area contributed by atoms with Gasteiger partial charge < -0.3 is 15.3 Å². The molecule has 2 amide bonds. The van der Waals surface area contributed by atoms with Gasteiger partial charge in [-0.25, -0.2) is 9.59 Å². The van der Waals surface area contributed by atoms with Gasteiger partial charge >= 0.3 is 12.0 Å². The summed E-state index contributed by atoms with van der Waals surface area (Å²) in [5.41, 5.74) is 0. The van der Waals surface area contributed by atoms with Gasteiger partial charge in [0.2, 0.25) is 0 Å². The van der Waals surface area contributed by atoms with E-state index in [0.717, 1.165) is 44.9 Å². The Hall–Kier alpha value is -1.26. The third-order valence-electron chi connectivity index (χ3n) is 4.84. The van der Waals surface area contributed by atoms with Gasteiger partial charge in [0.15, 0.2) is 0 Å². The van der Waals surface area contributed by atoms with Crippen LogP contribution in [0.25, 0.3) is 0 Å². The minimum Gasteiger partial charge on any atom is -0.480 e. The van der Waals surface area contributed by atoms with E-state index in [1.165, 1.54) is 0 Å². The number of rotatable bonds is 3. The fraction of sp³-hybridized carbons (Fsp3) is 0.867. The lowest BCUT2D eigenvalue weighted by molar-refractivity contribution is -0.140. The number of amides is 2. The normalized spacial score (nSPS) is 29.2. The summed E-state index contributed by atoms with van der Waals surface area (Å²) >= 11 is 0. The summed E-state index contributed by atoms with van der Waals surface area (Å²) in [7, 11) is 0. The van der Waals surface area contributed by atoms with Crippen molar-refractivity contribution in [2.45, 2.75) is 76.9 Å². The molecule has 0 bridgehead atoms. The zero-order valence-corrected chi connectivity index (χ0v) is 12.5. The summed E-state index contributed by atoms with van der Waals surface area (Å²) in [5, 5.41) is 12.2. The number of carbonyl (C=O) groups excluding carboxylic acids is 1. The molecule has 1 aliphatic heterocycles. The van der Waals surface area contributed by atoms with E-state index in [2.05, 4.69) is 5.32 Å². The van der Waals surface area contributed by atoms with E-state index in [9.17, 15) is 14.7 Å². The van der Waals surface area contributed by atoms with Crippen LogP contribution in [0.4, 0.5) is 4.79 Å². The predicted molar refractivity (Wildman–Crippen MR) is 76.5 cm³/mol. The quantitative estimate of drug-likeness (QED) is 0.836. The molecule has 20 heavy (non-hydrogen) atoms. The van der Waals surface area contributed by atoms with Gasteiger partial charge in [0.1, 0.15) is 6.04 Å². The van der Waals surface area contributed by atoms with Crippen molar-refractivity contribution in [1.82, 2.24) is 10.2 Å². The first-order chi connectivity index (χ1) is 9.50. The van der Waals surface area contributed by atoms with Crippen LogP contribution in [0, 0.1) is 5.92 Å². The van der Waals surface area contributed by atoms with Gasteiger partial charge in [-0.05, 0) is 51.9 Å². The van der Waals surface area contributed by atoms with Gasteiger partial charge in [0, 0.05) is 12.1 Å². The average molecular weight is 282 g/mol. The summed E-state index contributed by atoms with van der Waals surface area (Å²) < 4.78 is 0. The number of carbonyl (C=O) groups is 2. The number of aliphatic carboxylic acids is 1. The molecule has 0 aromatic rings. The first-order valence-electron chi connectivity index (χ1n) is 7.82. The van der Waals surface area contributed by atoms with Crippen LogP contribution in [0.2, 0.25) is 0 Å². The third-order valence-corrected chi connectivity index (χ3v) is 4.84. The number of carboxylic acid groups (broad SMARTS) is 1. The Morgan fingerprint density at radius 1 is 1.05 bits per heavy atom. The van der Waals surface area contributed by atoms with E-state index in [1.54, 1.807) is 0 Å². The number of hydrogen-bond acceptors (Lipinski definition) is 2. The molecule has 0 aromatic carbocycles. The highest BCUT2D eigenvalue weighted by Crippen LogP contribution is 2.29. The number of nitrogens with zero attached hydrogens (tertiary/aromatic N) is 1. The van der Waals surface area contributed by atoms with E-state index >= 15 is 0 Å². The Morgan fingerprint density at radius 2 is 1.60 bits per heavy atom. The molecule has 1 saturated carbocycles. The predicted octanol–water partition coefficient (Wildman–Crippen LogP) is 2.60. The lowest BCUT2D eigenvalue weighted by Crippen LogP contribution is -2.56. The lowest BCUT2D eigenvalue weighted by Gasteiger charge is -2.39. The molecule has 2 rings (SSSR count). The summed E-state index contributed by atoms with van der Waals surface area (Å²) in [6.45, 7) is 4.08. The summed E-state index contributed by atoms with van der Waals surface area (Å²) in [4.78, 5) is 25.7. The van der Waals surface area contributed by atoms with Crippen LogP contribution >= 0.6 is 0 Å². The van der Waals surface area contributed by atoms with Crippen LogP contribution in [0.3, 0.4) is 0 Å². The second-order valence-corrected chi connectivity index (χ2v) is 6.35. The van der Waals surface area contributed by atoms with Crippen molar-refractivity contribution in [3.63, 3.8) is 0 Å². The fourth-order valence-electron chi connectivity index (χ4n) is 3.70. The minimum atomic E-state index is -0.900. The minimum absolute atomic E-state index is 0.0897. The van der Waals surface area contributed by atoms with Gasteiger partial charge in [-0.15, -0.1) is 0 Å². The van der Waals surface area contributed by atoms with Crippen LogP contribution in [-0.4, -0.2) is 40.1 Å². The van der Waals surface area contributed by atoms with E-state index in [1.807, 2.05) is 18.7 Å². The molecule has 3 atom stereocenters. The molecule has 2 N–H and O–H groups in total. The third kappa shape index (κ3) is 3.25. The molecule has 5 heteroatoms. The van der Waals surface area contributed by atoms with Crippen LogP contribution in [0.1, 0.15) is 58.8 Å². The molecular formula is C15H26N2O3. The van der Waals surface area contributed by atoms with E-state index in [-0.39, 0.29) is 24.0 Å². The molecule has 114 valence electrons. The number of likely N-dealkylation sites (tertiary alicyclic amines) is 1. The van der Waals surface area contributed by atoms with Crippen molar-refractivity contribution >= 4 is 12.0 Å². The molecule has 2 aliphatic rings. The summed E-state index contributed by atoms with van der Waals surface area (Å²) in [6, 6.07) is -0.552. The first kappa shape index (κ1) is 15.1. The van der Waals surface area contributed by atoms with Crippen molar-refractivity contribution in [3.05, 3.63) is 0 Å². The Morgan fingerprint density at radius 3 is 2.10 bits per heavy atom. The molecule has 0 spiro atoms. The highest BCUT2D eigenvalue weighted by atomic mass is 16.4. The molecule has 0 radical (unpaired) electrons. The fourth-order valence-corrected chi connectivity index (χ4v) is 3.70. The molecular weight excluding hydrogens is 256 g/mol. The zero-order chi connectivity index (χ0) is 14.7. The zero-order valence-electron chi connectivity index (χ0n) is 12.5. The summed E-state index contributed by atoms with van der Waals surface area (Å²) in [6.07, 6.45) is 7.08. The molecule has 1 aliphatic carbocycles. The maximum Gasteiger partial charge on any atom is 0.326 e. The first-order valence-corrected chi connectivity index (χ1v) is 7.82. The number of carboxylic acids is 1. The van der Waals surface area contributed by atoms with E-state index in [4.69, 9.17) is 0 Å². The molecule has 1 heterocycles. The molecule has 0 unspecified atom stereocenters. The largest absolute Gasteiger partial charge is 0.480 e. The topological polar surface area (TPSA) is 69.6 Å². The smallest absolute Gasteiger partial charge is 0.326 e. The lowest BCUT2D eigenvalue weighted by atomic mass is 9.96. The molecule has 5 nitrogen and oxygen atoms in total. The van der Waals surface area contributed by atoms with Gasteiger partial charge in [0.25, 0.3) is 0 Å². The van der Waals surface area contributed by atoms with Gasteiger partial charge in [-0.1, -0.05) is 12.8 Å². The SMILES string of the molecule is C[C@@H]1CCC[C@H](C)N1C(=O)N[C@H](C(=O)O)C1CCCC1. The van der Waals surface area contributed by atoms with Crippen LogP contribution in [0.5, 0.6) is 0 Å². The van der Waals surface area contributed by atoms with Crippen molar-refractivity contribution in [3.8, 4) is 0 Å². The Balaban J connectivity index is 2.01. The van der Waals surface area contributed by atoms with Gasteiger partial charge in [0.05, 0.1) is 0 Å². The van der Waals surface area contributed by atoms with Crippen molar-refractivity contribution in [2.75, 3.05) is 0 Å².